The van der Waals surface area contributed by atoms with Gasteiger partial charge in [-0.2, -0.15) is 0 Å². The lowest BCUT2D eigenvalue weighted by Gasteiger charge is -2.30. The average Bonchev–Trinajstić information content (AvgIpc) is 2.81. The van der Waals surface area contributed by atoms with E-state index in [9.17, 15) is 0 Å². The third-order valence-electron chi connectivity index (χ3n) is 3.16. The van der Waals surface area contributed by atoms with Crippen LogP contribution in [0.15, 0.2) is 6.07 Å². The van der Waals surface area contributed by atoms with Crippen molar-refractivity contribution in [2.24, 2.45) is 0 Å². The van der Waals surface area contributed by atoms with Crippen molar-refractivity contribution in [1.82, 2.24) is 15.2 Å². The Balaban J connectivity index is 1.95. The van der Waals surface area contributed by atoms with Crippen LogP contribution in [-0.4, -0.2) is 36.6 Å². The third kappa shape index (κ3) is 2.09. The number of likely N-dealkylation sites (N-methyl/N-ethyl adjacent to an activating group) is 1. The van der Waals surface area contributed by atoms with Crippen molar-refractivity contribution in [1.29, 1.82) is 0 Å². The Hall–Kier alpha value is -0.260. The molecule has 0 spiro atoms. The number of thiophene rings is 1. The summed E-state index contributed by atoms with van der Waals surface area (Å²) in [6.45, 7) is 3.12. The van der Waals surface area contributed by atoms with Crippen molar-refractivity contribution in [3.8, 4) is 0 Å². The highest BCUT2D eigenvalue weighted by atomic mass is 35.5. The largest absolute Gasteiger partial charge is 0.349 e. The van der Waals surface area contributed by atoms with Gasteiger partial charge in [0, 0.05) is 30.7 Å². The van der Waals surface area contributed by atoms with E-state index >= 15 is 0 Å². The van der Waals surface area contributed by atoms with Crippen molar-refractivity contribution >= 4 is 44.8 Å². The lowest BCUT2D eigenvalue weighted by molar-refractivity contribution is 0.239. The normalized spacial score (nSPS) is 22.4. The van der Waals surface area contributed by atoms with Gasteiger partial charge in [0.25, 0.3) is 0 Å². The SMILES string of the molecule is CN1CCNC(c2cc3c(Cl)c(Cl)sc3[nH]2)C1. The van der Waals surface area contributed by atoms with E-state index in [2.05, 4.69) is 28.3 Å². The summed E-state index contributed by atoms with van der Waals surface area (Å²) < 4.78 is 0.660. The summed E-state index contributed by atoms with van der Waals surface area (Å²) in [4.78, 5) is 6.79. The van der Waals surface area contributed by atoms with Crippen molar-refractivity contribution in [2.75, 3.05) is 26.7 Å². The summed E-state index contributed by atoms with van der Waals surface area (Å²) in [6.07, 6.45) is 0. The van der Waals surface area contributed by atoms with Crippen LogP contribution in [0.3, 0.4) is 0 Å². The first-order chi connectivity index (χ1) is 8.15. The number of piperazine rings is 1. The van der Waals surface area contributed by atoms with E-state index in [1.807, 2.05) is 0 Å². The Morgan fingerprint density at radius 3 is 3.00 bits per heavy atom. The van der Waals surface area contributed by atoms with Crippen LogP contribution < -0.4 is 5.32 Å². The van der Waals surface area contributed by atoms with E-state index < -0.39 is 0 Å². The molecule has 0 bridgehead atoms. The molecule has 1 saturated heterocycles. The molecule has 0 saturated carbocycles. The topological polar surface area (TPSA) is 31.1 Å². The van der Waals surface area contributed by atoms with Crippen LogP contribution in [0.25, 0.3) is 10.2 Å². The molecule has 3 heterocycles. The molecular formula is C11H13Cl2N3S. The highest BCUT2D eigenvalue weighted by molar-refractivity contribution is 7.23. The molecule has 0 radical (unpaired) electrons. The second kappa shape index (κ2) is 4.44. The molecule has 1 aliphatic heterocycles. The maximum Gasteiger partial charge on any atom is 0.114 e. The molecule has 3 nitrogen and oxygen atoms in total. The van der Waals surface area contributed by atoms with Crippen LogP contribution in [-0.2, 0) is 0 Å². The number of halogens is 2. The van der Waals surface area contributed by atoms with Gasteiger partial charge in [-0.3, -0.25) is 0 Å². The molecule has 17 heavy (non-hydrogen) atoms. The third-order valence-corrected chi connectivity index (χ3v) is 5.09. The zero-order valence-electron chi connectivity index (χ0n) is 9.39. The van der Waals surface area contributed by atoms with Crippen molar-refractivity contribution in [3.05, 3.63) is 21.1 Å². The van der Waals surface area contributed by atoms with Crippen molar-refractivity contribution in [3.63, 3.8) is 0 Å². The minimum Gasteiger partial charge on any atom is -0.349 e. The molecule has 2 N–H and O–H groups in total. The predicted octanol–water partition coefficient (Wildman–Crippen LogP) is 3.11. The summed E-state index contributed by atoms with van der Waals surface area (Å²) in [5.74, 6) is 0. The standard InChI is InChI=1S/C11H13Cl2N3S/c1-16-3-2-14-8(5-16)7-4-6-9(12)10(13)17-11(6)15-7/h4,8,14-15H,2-3,5H2,1H3. The van der Waals surface area contributed by atoms with Gasteiger partial charge in [-0.25, -0.2) is 0 Å². The minimum absolute atomic E-state index is 0.350. The summed E-state index contributed by atoms with van der Waals surface area (Å²) >= 11 is 13.6. The van der Waals surface area contributed by atoms with E-state index in [1.165, 1.54) is 17.0 Å². The summed E-state index contributed by atoms with van der Waals surface area (Å²) in [5, 5.41) is 5.21. The van der Waals surface area contributed by atoms with Crippen molar-refractivity contribution in [2.45, 2.75) is 6.04 Å². The van der Waals surface area contributed by atoms with Crippen molar-refractivity contribution < 1.29 is 0 Å². The quantitative estimate of drug-likeness (QED) is 0.845. The first-order valence-corrected chi connectivity index (χ1v) is 7.10. The first-order valence-electron chi connectivity index (χ1n) is 5.53. The van der Waals surface area contributed by atoms with Crippen LogP contribution in [0, 0.1) is 0 Å². The van der Waals surface area contributed by atoms with E-state index in [-0.39, 0.29) is 0 Å². The Kier molecular flexibility index (Phi) is 3.09. The Morgan fingerprint density at radius 2 is 2.29 bits per heavy atom. The lowest BCUT2D eigenvalue weighted by atomic mass is 10.1. The predicted molar refractivity (Wildman–Crippen MR) is 74.4 cm³/mol. The number of aromatic amines is 1. The van der Waals surface area contributed by atoms with Crippen LogP contribution in [0.1, 0.15) is 11.7 Å². The molecule has 3 rings (SSSR count). The molecular weight excluding hydrogens is 277 g/mol. The molecule has 6 heteroatoms. The fourth-order valence-corrected chi connectivity index (χ4v) is 3.71. The molecule has 2 aromatic heterocycles. The van der Waals surface area contributed by atoms with Gasteiger partial charge in [0.1, 0.15) is 9.17 Å². The van der Waals surface area contributed by atoms with E-state index in [1.54, 1.807) is 0 Å². The fourth-order valence-electron chi connectivity index (χ4n) is 2.23. The van der Waals surface area contributed by atoms with E-state index in [4.69, 9.17) is 23.2 Å². The summed E-state index contributed by atoms with van der Waals surface area (Å²) in [5.41, 5.74) is 1.19. The number of aromatic nitrogens is 1. The molecule has 2 aromatic rings. The smallest absolute Gasteiger partial charge is 0.114 e. The first kappa shape index (κ1) is 11.8. The minimum atomic E-state index is 0.350. The highest BCUT2D eigenvalue weighted by Crippen LogP contribution is 2.39. The maximum absolute atomic E-state index is 6.15. The second-order valence-electron chi connectivity index (χ2n) is 4.43. The van der Waals surface area contributed by atoms with Gasteiger partial charge in [-0.05, 0) is 13.1 Å². The van der Waals surface area contributed by atoms with Crippen LogP contribution >= 0.6 is 34.5 Å². The van der Waals surface area contributed by atoms with Gasteiger partial charge in [0.05, 0.1) is 11.1 Å². The Bertz CT molecular complexity index is 548. The van der Waals surface area contributed by atoms with Crippen LogP contribution in [0.4, 0.5) is 0 Å². The molecule has 1 fully saturated rings. The van der Waals surface area contributed by atoms with Gasteiger partial charge in [-0.1, -0.05) is 23.2 Å². The molecule has 1 unspecified atom stereocenters. The number of rotatable bonds is 1. The van der Waals surface area contributed by atoms with Gasteiger partial charge >= 0.3 is 0 Å². The second-order valence-corrected chi connectivity index (χ2v) is 6.43. The average molecular weight is 290 g/mol. The van der Waals surface area contributed by atoms with Crippen LogP contribution in [0.2, 0.25) is 9.36 Å². The molecule has 0 aliphatic carbocycles. The Labute approximate surface area is 114 Å². The van der Waals surface area contributed by atoms with Gasteiger partial charge in [0.15, 0.2) is 0 Å². The molecule has 0 aromatic carbocycles. The molecule has 92 valence electrons. The number of hydrogen-bond donors (Lipinski definition) is 2. The van der Waals surface area contributed by atoms with Gasteiger partial charge in [0.2, 0.25) is 0 Å². The fraction of sp³-hybridized carbons (Fsp3) is 0.455. The molecule has 1 atom stereocenters. The summed E-state index contributed by atoms with van der Waals surface area (Å²) in [6, 6.07) is 2.46. The number of nitrogens with one attached hydrogen (secondary N) is 2. The van der Waals surface area contributed by atoms with Gasteiger partial charge < -0.3 is 15.2 Å². The van der Waals surface area contributed by atoms with Gasteiger partial charge in [-0.15, -0.1) is 11.3 Å². The number of H-pyrrole nitrogens is 1. The monoisotopic (exact) mass is 289 g/mol. The van der Waals surface area contributed by atoms with E-state index in [0.717, 1.165) is 29.9 Å². The maximum atomic E-state index is 6.15. The van der Waals surface area contributed by atoms with E-state index in [0.29, 0.717) is 15.4 Å². The number of nitrogens with zero attached hydrogens (tertiary/aromatic N) is 1. The lowest BCUT2D eigenvalue weighted by Crippen LogP contribution is -2.43. The highest BCUT2D eigenvalue weighted by Gasteiger charge is 2.21. The zero-order chi connectivity index (χ0) is 12.0. The van der Waals surface area contributed by atoms with Crippen LogP contribution in [0.5, 0.6) is 0 Å². The molecule has 0 amide bonds. The Morgan fingerprint density at radius 1 is 1.47 bits per heavy atom. The zero-order valence-corrected chi connectivity index (χ0v) is 11.7. The number of hydrogen-bond acceptors (Lipinski definition) is 3. The number of fused-ring (bicyclic) bond motifs is 1. The summed E-state index contributed by atoms with van der Waals surface area (Å²) in [7, 11) is 2.14. The molecule has 1 aliphatic rings.